The zero-order valence-electron chi connectivity index (χ0n) is 18.2. The van der Waals surface area contributed by atoms with Crippen molar-refractivity contribution in [2.75, 3.05) is 18.5 Å². The smallest absolute Gasteiger partial charge is 0.248 e. The van der Waals surface area contributed by atoms with Crippen molar-refractivity contribution in [1.29, 1.82) is 0 Å². The molecule has 3 aromatic rings. The summed E-state index contributed by atoms with van der Waals surface area (Å²) in [5.41, 5.74) is 1.39. The molecule has 9 heteroatoms. The number of para-hydroxylation sites is 1. The highest BCUT2D eigenvalue weighted by Crippen LogP contribution is 2.41. The van der Waals surface area contributed by atoms with Crippen molar-refractivity contribution < 1.29 is 19.0 Å². The summed E-state index contributed by atoms with van der Waals surface area (Å²) >= 11 is 0. The molecule has 1 amide bonds. The van der Waals surface area contributed by atoms with Gasteiger partial charge in [-0.1, -0.05) is 37.3 Å². The van der Waals surface area contributed by atoms with Crippen LogP contribution in [0.5, 0.6) is 17.2 Å². The van der Waals surface area contributed by atoms with E-state index in [1.165, 1.54) is 6.08 Å². The number of nitrogens with zero attached hydrogens (tertiary/aromatic N) is 3. The molecule has 2 N–H and O–H groups in total. The molecule has 170 valence electrons. The number of fused-ring (bicyclic) bond motifs is 1. The van der Waals surface area contributed by atoms with Gasteiger partial charge in [0, 0.05) is 6.08 Å². The minimum atomic E-state index is -0.496. The maximum Gasteiger partial charge on any atom is 0.248 e. The van der Waals surface area contributed by atoms with Crippen molar-refractivity contribution in [3.8, 4) is 17.2 Å². The summed E-state index contributed by atoms with van der Waals surface area (Å²) in [4.78, 5) is 12.5. The standard InChI is InChI=1S/C24H25N5O4/c1-2-3-4-5-15-31-18-12-9-17(10-13-18)11-14-22(30)25-19-7-6-8-20-23(19)33-21(16-32-20)24-26-28-29-27-24/h3-4,6-14,21H,2,5,15-16H2,1H3,(H,25,30)(H,26,27,28,29)/b4-3-,14-11?. The number of allylic oxidation sites excluding steroid dienone is 1. The molecule has 2 aromatic carbocycles. The SMILES string of the molecule is CC/C=C\CCOc1ccc(C=CC(=O)Nc2cccc3c2OC(c2nnn[nH]2)CO3)cc1. The van der Waals surface area contributed by atoms with Crippen LogP contribution in [0.2, 0.25) is 0 Å². The Morgan fingerprint density at radius 1 is 1.24 bits per heavy atom. The van der Waals surface area contributed by atoms with Crippen LogP contribution in [0, 0.1) is 0 Å². The lowest BCUT2D eigenvalue weighted by Gasteiger charge is -2.26. The Kier molecular flexibility index (Phi) is 7.32. The maximum atomic E-state index is 12.5. The highest BCUT2D eigenvalue weighted by molar-refractivity contribution is 6.03. The summed E-state index contributed by atoms with van der Waals surface area (Å²) in [6, 6.07) is 12.9. The van der Waals surface area contributed by atoms with Crippen LogP contribution in [0.25, 0.3) is 6.08 Å². The van der Waals surface area contributed by atoms with Crippen molar-refractivity contribution in [2.45, 2.75) is 25.9 Å². The van der Waals surface area contributed by atoms with E-state index in [0.717, 1.165) is 24.2 Å². The molecule has 1 aliphatic heterocycles. The fraction of sp³-hybridized carbons (Fsp3) is 0.250. The number of aromatic nitrogens is 4. The summed E-state index contributed by atoms with van der Waals surface area (Å²) in [6.45, 7) is 3.00. The molecule has 1 unspecified atom stereocenters. The van der Waals surface area contributed by atoms with Gasteiger partial charge in [-0.2, -0.15) is 0 Å². The lowest BCUT2D eigenvalue weighted by atomic mass is 10.2. The molecule has 4 rings (SSSR count). The molecule has 0 radical (unpaired) electrons. The topological polar surface area (TPSA) is 111 Å². The zero-order chi connectivity index (χ0) is 22.9. The van der Waals surface area contributed by atoms with E-state index in [0.29, 0.717) is 29.6 Å². The van der Waals surface area contributed by atoms with Crippen LogP contribution in [0.3, 0.4) is 0 Å². The first-order valence-electron chi connectivity index (χ1n) is 10.8. The van der Waals surface area contributed by atoms with Crippen molar-refractivity contribution >= 4 is 17.7 Å². The lowest BCUT2D eigenvalue weighted by Crippen LogP contribution is -2.24. The first-order chi connectivity index (χ1) is 16.2. The molecule has 0 spiro atoms. The number of hydrogen-bond donors (Lipinski definition) is 2. The molecule has 2 heterocycles. The Bertz CT molecular complexity index is 1110. The van der Waals surface area contributed by atoms with E-state index in [9.17, 15) is 4.79 Å². The third kappa shape index (κ3) is 5.97. The summed E-state index contributed by atoms with van der Waals surface area (Å²) in [7, 11) is 0. The van der Waals surface area contributed by atoms with E-state index in [2.05, 4.69) is 45.0 Å². The largest absolute Gasteiger partial charge is 0.493 e. The van der Waals surface area contributed by atoms with Gasteiger partial charge in [0.2, 0.25) is 5.91 Å². The third-order valence-electron chi connectivity index (χ3n) is 4.82. The quantitative estimate of drug-likeness (QED) is 0.289. The van der Waals surface area contributed by atoms with E-state index >= 15 is 0 Å². The fourth-order valence-corrected chi connectivity index (χ4v) is 3.18. The van der Waals surface area contributed by atoms with Gasteiger partial charge < -0.3 is 19.5 Å². The number of H-pyrrole nitrogens is 1. The molecular formula is C24H25N5O4. The van der Waals surface area contributed by atoms with Crippen LogP contribution in [0.15, 0.2) is 60.7 Å². The highest BCUT2D eigenvalue weighted by Gasteiger charge is 2.27. The van der Waals surface area contributed by atoms with E-state index < -0.39 is 6.10 Å². The number of tetrazole rings is 1. The Morgan fingerprint density at radius 3 is 2.91 bits per heavy atom. The average Bonchev–Trinajstić information content (AvgIpc) is 3.38. The second kappa shape index (κ2) is 10.9. The molecule has 0 saturated heterocycles. The van der Waals surface area contributed by atoms with Crippen molar-refractivity contribution in [3.05, 3.63) is 72.1 Å². The number of rotatable bonds is 9. The Labute approximate surface area is 191 Å². The van der Waals surface area contributed by atoms with Crippen molar-refractivity contribution in [2.24, 2.45) is 0 Å². The molecule has 1 atom stereocenters. The van der Waals surface area contributed by atoms with Crippen LogP contribution >= 0.6 is 0 Å². The van der Waals surface area contributed by atoms with Crippen LogP contribution in [0.4, 0.5) is 5.69 Å². The maximum absolute atomic E-state index is 12.5. The van der Waals surface area contributed by atoms with Gasteiger partial charge in [0.25, 0.3) is 0 Å². The normalized spacial score (nSPS) is 15.1. The lowest BCUT2D eigenvalue weighted by molar-refractivity contribution is -0.111. The third-order valence-corrected chi connectivity index (χ3v) is 4.82. The van der Waals surface area contributed by atoms with E-state index in [1.807, 2.05) is 24.3 Å². The Hall–Kier alpha value is -4.14. The minimum Gasteiger partial charge on any atom is -0.493 e. The first-order valence-corrected chi connectivity index (χ1v) is 10.8. The number of carbonyl (C=O) groups is 1. The van der Waals surface area contributed by atoms with Gasteiger partial charge in [-0.25, -0.2) is 5.10 Å². The number of hydrogen-bond acceptors (Lipinski definition) is 7. The first kappa shape index (κ1) is 22.1. The molecule has 1 aliphatic rings. The molecule has 9 nitrogen and oxygen atoms in total. The Balaban J connectivity index is 1.34. The van der Waals surface area contributed by atoms with E-state index in [-0.39, 0.29) is 12.5 Å². The summed E-state index contributed by atoms with van der Waals surface area (Å²) < 4.78 is 17.4. The van der Waals surface area contributed by atoms with Gasteiger partial charge in [0.15, 0.2) is 23.4 Å². The van der Waals surface area contributed by atoms with Gasteiger partial charge in [-0.05, 0) is 59.2 Å². The Morgan fingerprint density at radius 2 is 2.12 bits per heavy atom. The highest BCUT2D eigenvalue weighted by atomic mass is 16.6. The van der Waals surface area contributed by atoms with Gasteiger partial charge in [-0.15, -0.1) is 5.10 Å². The average molecular weight is 447 g/mol. The van der Waals surface area contributed by atoms with Crippen LogP contribution in [0.1, 0.15) is 37.3 Å². The molecule has 1 aromatic heterocycles. The van der Waals surface area contributed by atoms with Crippen molar-refractivity contribution in [3.63, 3.8) is 0 Å². The van der Waals surface area contributed by atoms with Gasteiger partial charge in [-0.3, -0.25) is 4.79 Å². The second-order valence-corrected chi connectivity index (χ2v) is 7.25. The number of benzene rings is 2. The van der Waals surface area contributed by atoms with Crippen LogP contribution < -0.4 is 19.5 Å². The van der Waals surface area contributed by atoms with E-state index in [1.54, 1.807) is 24.3 Å². The summed E-state index contributed by atoms with van der Waals surface area (Å²) in [5, 5.41) is 16.5. The number of nitrogens with one attached hydrogen (secondary N) is 2. The van der Waals surface area contributed by atoms with Gasteiger partial charge in [0.1, 0.15) is 12.4 Å². The monoisotopic (exact) mass is 447 g/mol. The number of anilines is 1. The van der Waals surface area contributed by atoms with Crippen LogP contribution in [-0.2, 0) is 4.79 Å². The molecule has 0 saturated carbocycles. The number of carbonyl (C=O) groups excluding carboxylic acids is 1. The van der Waals surface area contributed by atoms with Gasteiger partial charge >= 0.3 is 0 Å². The predicted octanol–water partition coefficient (Wildman–Crippen LogP) is 4.10. The number of aromatic amines is 1. The van der Waals surface area contributed by atoms with Crippen LogP contribution in [-0.4, -0.2) is 39.7 Å². The number of ether oxygens (including phenoxy) is 3. The molecule has 0 fully saturated rings. The summed E-state index contributed by atoms with van der Waals surface area (Å²) in [6.07, 6.45) is 8.85. The second-order valence-electron chi connectivity index (χ2n) is 7.25. The minimum absolute atomic E-state index is 0.260. The van der Waals surface area contributed by atoms with Crippen molar-refractivity contribution in [1.82, 2.24) is 20.6 Å². The molecule has 0 bridgehead atoms. The molecular weight excluding hydrogens is 422 g/mol. The number of amides is 1. The fourth-order valence-electron chi connectivity index (χ4n) is 3.18. The van der Waals surface area contributed by atoms with Gasteiger partial charge in [0.05, 0.1) is 12.3 Å². The molecule has 0 aliphatic carbocycles. The predicted molar refractivity (Wildman–Crippen MR) is 123 cm³/mol. The zero-order valence-corrected chi connectivity index (χ0v) is 18.2. The van der Waals surface area contributed by atoms with E-state index in [4.69, 9.17) is 14.2 Å². The molecule has 33 heavy (non-hydrogen) atoms. The summed E-state index contributed by atoms with van der Waals surface area (Å²) in [5.74, 6) is 1.93.